The Morgan fingerprint density at radius 2 is 1.19 bits per heavy atom. The van der Waals surface area contributed by atoms with E-state index in [0.717, 1.165) is 54.6 Å². The molecule has 0 aliphatic rings. The largest absolute Gasteiger partial charge is 0.507 e. The van der Waals surface area contributed by atoms with Gasteiger partial charge >= 0.3 is 11.9 Å². The number of esters is 2. The lowest BCUT2D eigenvalue weighted by Crippen LogP contribution is -2.19. The summed E-state index contributed by atoms with van der Waals surface area (Å²) in [4.78, 5) is 53.7. The molecule has 0 unspecified atom stereocenters. The summed E-state index contributed by atoms with van der Waals surface area (Å²) in [5.74, 6) is -1.75. The molecule has 0 saturated carbocycles. The molecule has 0 atom stereocenters. The number of phenolic OH excluding ortho intramolecular Hbond substituents is 2. The number of pyridine rings is 2. The number of ether oxygens (including phenoxy) is 4. The van der Waals surface area contributed by atoms with E-state index in [0.29, 0.717) is 53.7 Å². The first-order valence-electron chi connectivity index (χ1n) is 20.3. The van der Waals surface area contributed by atoms with Gasteiger partial charge in [0.1, 0.15) is 42.2 Å². The van der Waals surface area contributed by atoms with Gasteiger partial charge in [-0.2, -0.15) is 0 Å². The molecule has 4 aromatic carbocycles. The topological polar surface area (TPSA) is 242 Å². The number of hydrogen-bond acceptors (Lipinski definition) is 16. The van der Waals surface area contributed by atoms with Gasteiger partial charge in [0, 0.05) is 42.7 Å². The summed E-state index contributed by atoms with van der Waals surface area (Å²) in [7, 11) is 10.2. The van der Waals surface area contributed by atoms with E-state index in [-0.39, 0.29) is 39.6 Å². The number of nitrogens with one attached hydrogen (secondary N) is 1. The number of H-pyrrole nitrogens is 1. The smallest absolute Gasteiger partial charge is 0.340 e. The molecule has 0 spiro atoms. The second kappa shape index (κ2) is 23.2. The standard InChI is InChI=1S/C24H23FN4O4.C16H18N2O3.C8H9FN2O2/c1-29(2)9-10-33-23-15(5-4-8-26-23)14-6-7-21(30)17(11-14)22-27-19-12-16(24(31)32-3)18(25)13-20(19)28-22;1-18(2)8-9-21-16-14(4-3-7-17-16)12-5-6-15(20)13(10-12)11-19;1-13-8(12)4-2-6(10)7(11)3-5(4)9/h4-8,11-13,30H,9-10H2,1-3H3,(H,27,28);3-7,10-11,20H,8-9H2,1-2H3;2-3H,10-11H2,1H3. The molecule has 0 saturated heterocycles. The number of nitrogens with two attached hydrogens (primary N) is 2. The van der Waals surface area contributed by atoms with Crippen molar-refractivity contribution in [1.82, 2.24) is 29.7 Å². The summed E-state index contributed by atoms with van der Waals surface area (Å²) < 4.78 is 47.9. The van der Waals surface area contributed by atoms with Crippen molar-refractivity contribution in [3.05, 3.63) is 126 Å². The van der Waals surface area contributed by atoms with Crippen molar-refractivity contribution in [3.63, 3.8) is 0 Å². The molecule has 0 amide bonds. The fraction of sp³-hybridized carbons (Fsp3) is 0.208. The molecule has 3 aromatic heterocycles. The van der Waals surface area contributed by atoms with E-state index in [1.807, 2.05) is 56.2 Å². The number of halogens is 2. The summed E-state index contributed by atoms with van der Waals surface area (Å²) >= 11 is 0. The Kier molecular flexibility index (Phi) is 17.2. The molecule has 17 nitrogen and oxygen atoms in total. The van der Waals surface area contributed by atoms with Gasteiger partial charge in [0.25, 0.3) is 0 Å². The number of nitrogens with zero attached hydrogens (tertiary/aromatic N) is 5. The molecule has 0 radical (unpaired) electrons. The van der Waals surface area contributed by atoms with Crippen LogP contribution in [0.15, 0.2) is 97.3 Å². The van der Waals surface area contributed by atoms with Crippen molar-refractivity contribution in [2.45, 2.75) is 0 Å². The summed E-state index contributed by atoms with van der Waals surface area (Å²) in [6.07, 6.45) is 3.94. The van der Waals surface area contributed by atoms with E-state index in [1.54, 1.807) is 48.8 Å². The van der Waals surface area contributed by atoms with Crippen LogP contribution in [0.5, 0.6) is 23.3 Å². The number of aromatic amines is 1. The van der Waals surface area contributed by atoms with Crippen LogP contribution in [-0.4, -0.2) is 127 Å². The second-order valence-electron chi connectivity index (χ2n) is 15.0. The van der Waals surface area contributed by atoms with Crippen molar-refractivity contribution in [1.29, 1.82) is 0 Å². The van der Waals surface area contributed by atoms with Crippen molar-refractivity contribution in [2.75, 3.05) is 80.2 Å². The highest BCUT2D eigenvalue weighted by molar-refractivity contribution is 5.95. The first-order valence-corrected chi connectivity index (χ1v) is 20.3. The van der Waals surface area contributed by atoms with Gasteiger partial charge in [-0.25, -0.2) is 33.3 Å². The van der Waals surface area contributed by atoms with Crippen LogP contribution in [0.25, 0.3) is 44.7 Å². The fourth-order valence-electron chi connectivity index (χ4n) is 6.11. The Bertz CT molecular complexity index is 2860. The Morgan fingerprint density at radius 3 is 1.73 bits per heavy atom. The normalized spacial score (nSPS) is 10.7. The second-order valence-corrected chi connectivity index (χ2v) is 15.0. The Hall–Kier alpha value is -8.16. The van der Waals surface area contributed by atoms with Crippen molar-refractivity contribution in [3.8, 4) is 56.9 Å². The molecule has 0 bridgehead atoms. The van der Waals surface area contributed by atoms with Crippen LogP contribution in [-0.2, 0) is 9.47 Å². The third-order valence-corrected chi connectivity index (χ3v) is 9.68. The lowest BCUT2D eigenvalue weighted by atomic mass is 10.0. The number of benzene rings is 4. The maximum absolute atomic E-state index is 14.3. The van der Waals surface area contributed by atoms with Gasteiger partial charge in [-0.15, -0.1) is 0 Å². The molecule has 19 heteroatoms. The molecule has 0 aliphatic heterocycles. The molecular weight excluding hydrogens is 871 g/mol. The summed E-state index contributed by atoms with van der Waals surface area (Å²) in [6.45, 7) is 2.51. The zero-order valence-corrected chi connectivity index (χ0v) is 37.5. The Labute approximate surface area is 384 Å². The number of rotatable bonds is 14. The highest BCUT2D eigenvalue weighted by Crippen LogP contribution is 2.36. The molecule has 7 aromatic rings. The molecule has 7 rings (SSSR count). The Balaban J connectivity index is 0.000000210. The number of likely N-dealkylation sites (N-methyl/N-ethyl adjacent to an activating group) is 2. The van der Waals surface area contributed by atoms with Crippen LogP contribution < -0.4 is 20.9 Å². The molecule has 0 fully saturated rings. The number of aromatic nitrogens is 4. The van der Waals surface area contributed by atoms with Crippen LogP contribution in [0.3, 0.4) is 0 Å². The van der Waals surface area contributed by atoms with Crippen LogP contribution in [0.4, 0.5) is 20.2 Å². The highest BCUT2D eigenvalue weighted by Gasteiger charge is 2.19. The SMILES string of the molecule is CN(C)CCOc1ncccc1-c1ccc(O)c(C=O)c1.COC(=O)c1cc(N)c(N)cc1F.COC(=O)c1cc2nc(-c3cc(-c4cccnc4OCCN(C)C)ccc3O)[nH]c2cc1F. The van der Waals surface area contributed by atoms with Gasteiger partial charge in [0.15, 0.2) is 6.29 Å². The lowest BCUT2D eigenvalue weighted by Gasteiger charge is -2.13. The number of aromatic hydroxyl groups is 2. The zero-order valence-electron chi connectivity index (χ0n) is 37.5. The monoisotopic (exact) mass is 920 g/mol. The molecule has 3 heterocycles. The predicted molar refractivity (Wildman–Crippen MR) is 249 cm³/mol. The number of nitrogen functional groups attached to an aromatic ring is 2. The van der Waals surface area contributed by atoms with E-state index in [1.165, 1.54) is 25.3 Å². The van der Waals surface area contributed by atoms with E-state index in [9.17, 15) is 33.4 Å². The summed E-state index contributed by atoms with van der Waals surface area (Å²) in [6, 6.07) is 21.9. The lowest BCUT2D eigenvalue weighted by molar-refractivity contribution is 0.0586. The maximum atomic E-state index is 14.3. The maximum Gasteiger partial charge on any atom is 0.340 e. The van der Waals surface area contributed by atoms with Gasteiger partial charge in [0.05, 0.1) is 58.9 Å². The number of aldehydes is 1. The minimum atomic E-state index is -0.790. The molecule has 0 aliphatic carbocycles. The highest BCUT2D eigenvalue weighted by atomic mass is 19.1. The average Bonchev–Trinajstić information content (AvgIpc) is 3.73. The number of imidazole rings is 1. The summed E-state index contributed by atoms with van der Waals surface area (Å²) in [5, 5.41) is 20.1. The predicted octanol–water partition coefficient (Wildman–Crippen LogP) is 6.85. The van der Waals surface area contributed by atoms with Gasteiger partial charge in [-0.05, 0) is 106 Å². The van der Waals surface area contributed by atoms with Gasteiger partial charge in [0.2, 0.25) is 11.8 Å². The number of anilines is 2. The quantitative estimate of drug-likeness (QED) is 0.0426. The van der Waals surface area contributed by atoms with E-state index < -0.39 is 23.6 Å². The van der Waals surface area contributed by atoms with E-state index in [2.05, 4.69) is 29.4 Å². The van der Waals surface area contributed by atoms with Crippen LogP contribution in [0.1, 0.15) is 31.1 Å². The van der Waals surface area contributed by atoms with Crippen LogP contribution >= 0.6 is 0 Å². The minimum Gasteiger partial charge on any atom is -0.507 e. The summed E-state index contributed by atoms with van der Waals surface area (Å²) in [5.41, 5.74) is 15.0. The van der Waals surface area contributed by atoms with Crippen molar-refractivity contribution in [2.24, 2.45) is 0 Å². The number of fused-ring (bicyclic) bond motifs is 1. The number of carbonyl (C=O) groups excluding carboxylic acids is 3. The molecule has 67 heavy (non-hydrogen) atoms. The fourth-order valence-corrected chi connectivity index (χ4v) is 6.11. The van der Waals surface area contributed by atoms with Gasteiger partial charge < -0.3 is 55.4 Å². The van der Waals surface area contributed by atoms with Crippen molar-refractivity contribution >= 4 is 40.6 Å². The van der Waals surface area contributed by atoms with Gasteiger partial charge in [-0.1, -0.05) is 12.1 Å². The molecule has 350 valence electrons. The number of phenols is 2. The van der Waals surface area contributed by atoms with Crippen LogP contribution in [0.2, 0.25) is 0 Å². The number of methoxy groups -OCH3 is 2. The number of carbonyl (C=O) groups is 3. The van der Waals surface area contributed by atoms with Crippen LogP contribution in [0, 0.1) is 11.6 Å². The third kappa shape index (κ3) is 13.0. The van der Waals surface area contributed by atoms with E-state index >= 15 is 0 Å². The Morgan fingerprint density at radius 1 is 0.687 bits per heavy atom. The minimum absolute atomic E-state index is 0.00886. The van der Waals surface area contributed by atoms with Crippen molar-refractivity contribution < 1.29 is 52.3 Å². The zero-order chi connectivity index (χ0) is 48.8. The molecule has 7 N–H and O–H groups in total. The molecular formula is C48H50F2N8O9. The first-order chi connectivity index (χ1) is 32.0. The van der Waals surface area contributed by atoms with E-state index in [4.69, 9.17) is 20.9 Å². The van der Waals surface area contributed by atoms with Gasteiger partial charge in [-0.3, -0.25) is 4.79 Å². The third-order valence-electron chi connectivity index (χ3n) is 9.68. The first kappa shape index (κ1) is 49.8. The average molecular weight is 921 g/mol. The number of hydrogen-bond donors (Lipinski definition) is 5.